The number of rotatable bonds is 2. The molecule has 15 heavy (non-hydrogen) atoms. The van der Waals surface area contributed by atoms with Crippen molar-refractivity contribution in [1.82, 2.24) is 9.62 Å². The van der Waals surface area contributed by atoms with Gasteiger partial charge < -0.3 is 10.1 Å². The molecule has 0 bridgehead atoms. The zero-order chi connectivity index (χ0) is 10.7. The predicted octanol–water partition coefficient (Wildman–Crippen LogP) is -0.600. The first-order valence-electron chi connectivity index (χ1n) is 5.49. The Morgan fingerprint density at radius 2 is 2.00 bits per heavy atom. The second-order valence-corrected chi connectivity index (χ2v) is 6.25. The van der Waals surface area contributed by atoms with Gasteiger partial charge in [-0.15, -0.1) is 0 Å². The molecule has 0 aromatic carbocycles. The summed E-state index contributed by atoms with van der Waals surface area (Å²) in [6, 6.07) is 0. The summed E-state index contributed by atoms with van der Waals surface area (Å²) in [6.07, 6.45) is 1.60. The van der Waals surface area contributed by atoms with Crippen LogP contribution in [0.25, 0.3) is 0 Å². The zero-order valence-corrected chi connectivity index (χ0v) is 9.63. The highest BCUT2D eigenvalue weighted by atomic mass is 32.2. The molecule has 2 saturated heterocycles. The minimum atomic E-state index is -3.12. The summed E-state index contributed by atoms with van der Waals surface area (Å²) in [5, 5.41) is 2.84. The number of hydrogen-bond donors (Lipinski definition) is 1. The van der Waals surface area contributed by atoms with Gasteiger partial charge in [-0.2, -0.15) is 4.31 Å². The Morgan fingerprint density at radius 1 is 1.27 bits per heavy atom. The van der Waals surface area contributed by atoms with Crippen LogP contribution in [0.4, 0.5) is 0 Å². The number of nitrogens with one attached hydrogen (secondary N) is 1. The van der Waals surface area contributed by atoms with E-state index in [-0.39, 0.29) is 5.25 Å². The van der Waals surface area contributed by atoms with Crippen LogP contribution in [0, 0.1) is 0 Å². The van der Waals surface area contributed by atoms with Crippen molar-refractivity contribution in [2.45, 2.75) is 18.1 Å². The number of ether oxygens (including phenoxy) is 1. The van der Waals surface area contributed by atoms with Gasteiger partial charge in [0.05, 0.1) is 11.9 Å². The Morgan fingerprint density at radius 3 is 2.60 bits per heavy atom. The van der Waals surface area contributed by atoms with Crippen LogP contribution in [0.15, 0.2) is 0 Å². The van der Waals surface area contributed by atoms with Crippen molar-refractivity contribution >= 4 is 10.0 Å². The quantitative estimate of drug-likeness (QED) is 0.693. The third-order valence-corrected chi connectivity index (χ3v) is 5.27. The van der Waals surface area contributed by atoms with E-state index >= 15 is 0 Å². The van der Waals surface area contributed by atoms with E-state index in [4.69, 9.17) is 4.74 Å². The Bertz CT molecular complexity index is 268. The van der Waals surface area contributed by atoms with Gasteiger partial charge in [-0.05, 0) is 12.8 Å². The van der Waals surface area contributed by atoms with Gasteiger partial charge in [-0.1, -0.05) is 0 Å². The number of piperazine rings is 1. The van der Waals surface area contributed by atoms with Gasteiger partial charge in [0.15, 0.2) is 0 Å². The van der Waals surface area contributed by atoms with Crippen LogP contribution in [0.5, 0.6) is 0 Å². The number of sulfonamides is 1. The van der Waals surface area contributed by atoms with Crippen LogP contribution in [-0.2, 0) is 14.8 Å². The second-order valence-electron chi connectivity index (χ2n) is 4.03. The average molecular weight is 234 g/mol. The van der Waals surface area contributed by atoms with Crippen LogP contribution in [-0.4, -0.2) is 57.4 Å². The molecule has 0 spiro atoms. The molecule has 0 radical (unpaired) electrons. The van der Waals surface area contributed by atoms with Gasteiger partial charge in [0, 0.05) is 32.8 Å². The lowest BCUT2D eigenvalue weighted by Crippen LogP contribution is -2.50. The minimum Gasteiger partial charge on any atom is -0.380 e. The minimum absolute atomic E-state index is 0.315. The molecule has 2 aliphatic heterocycles. The van der Waals surface area contributed by atoms with Crippen LogP contribution >= 0.6 is 0 Å². The molecular weight excluding hydrogens is 216 g/mol. The molecule has 0 saturated carbocycles. The topological polar surface area (TPSA) is 58.6 Å². The molecule has 0 amide bonds. The second kappa shape index (κ2) is 4.78. The highest BCUT2D eigenvalue weighted by molar-refractivity contribution is 7.89. The molecule has 2 rings (SSSR count). The van der Waals surface area contributed by atoms with E-state index in [1.807, 2.05) is 0 Å². The van der Waals surface area contributed by atoms with Crippen molar-refractivity contribution in [1.29, 1.82) is 0 Å². The van der Waals surface area contributed by atoms with Crippen molar-refractivity contribution in [3.05, 3.63) is 0 Å². The smallest absolute Gasteiger partial charge is 0.219 e. The van der Waals surface area contributed by atoms with E-state index in [1.54, 1.807) is 4.31 Å². The van der Waals surface area contributed by atoms with E-state index in [9.17, 15) is 8.42 Å². The zero-order valence-electron chi connectivity index (χ0n) is 8.81. The molecule has 1 unspecified atom stereocenters. The predicted molar refractivity (Wildman–Crippen MR) is 57.2 cm³/mol. The maximum absolute atomic E-state index is 12.2. The normalized spacial score (nSPS) is 30.3. The molecule has 1 atom stereocenters. The first kappa shape index (κ1) is 11.3. The maximum Gasteiger partial charge on any atom is 0.219 e. The number of hydrogen-bond acceptors (Lipinski definition) is 4. The molecule has 0 aliphatic carbocycles. The lowest BCUT2D eigenvalue weighted by atomic mass is 10.2. The van der Waals surface area contributed by atoms with Crippen molar-refractivity contribution < 1.29 is 13.2 Å². The first-order valence-corrected chi connectivity index (χ1v) is 6.99. The molecule has 2 fully saturated rings. The molecule has 1 N–H and O–H groups in total. The SMILES string of the molecule is O=S(=O)(C1CCCOC1)N1CCNCC1. The van der Waals surface area contributed by atoms with E-state index in [1.165, 1.54) is 0 Å². The van der Waals surface area contributed by atoms with E-state index in [0.717, 1.165) is 25.9 Å². The van der Waals surface area contributed by atoms with Crippen molar-refractivity contribution in [3.63, 3.8) is 0 Å². The summed E-state index contributed by atoms with van der Waals surface area (Å²) in [5.41, 5.74) is 0. The standard InChI is InChI=1S/C9H18N2O3S/c12-15(13,9-2-1-7-14-8-9)11-5-3-10-4-6-11/h9-10H,1-8H2. The maximum atomic E-state index is 12.2. The highest BCUT2D eigenvalue weighted by Gasteiger charge is 2.33. The number of nitrogens with zero attached hydrogens (tertiary/aromatic N) is 1. The lowest BCUT2D eigenvalue weighted by molar-refractivity contribution is 0.0972. The third kappa shape index (κ3) is 2.50. The highest BCUT2D eigenvalue weighted by Crippen LogP contribution is 2.18. The molecule has 2 heterocycles. The fourth-order valence-electron chi connectivity index (χ4n) is 2.06. The van der Waals surface area contributed by atoms with Gasteiger partial charge in [0.25, 0.3) is 0 Å². The van der Waals surface area contributed by atoms with E-state index in [0.29, 0.717) is 26.3 Å². The van der Waals surface area contributed by atoms with Crippen molar-refractivity contribution in [2.75, 3.05) is 39.4 Å². The Hall–Kier alpha value is -0.170. The molecule has 0 aromatic heterocycles. The van der Waals surface area contributed by atoms with E-state index in [2.05, 4.69) is 5.32 Å². The van der Waals surface area contributed by atoms with E-state index < -0.39 is 10.0 Å². The van der Waals surface area contributed by atoms with Gasteiger partial charge in [-0.3, -0.25) is 0 Å². The summed E-state index contributed by atoms with van der Waals surface area (Å²) >= 11 is 0. The Balaban J connectivity index is 2.03. The molecule has 6 heteroatoms. The summed E-state index contributed by atoms with van der Waals surface area (Å²) in [5.74, 6) is 0. The van der Waals surface area contributed by atoms with Crippen LogP contribution < -0.4 is 5.32 Å². The Labute approximate surface area is 90.8 Å². The molecular formula is C9H18N2O3S. The molecule has 5 nitrogen and oxygen atoms in total. The summed E-state index contributed by atoms with van der Waals surface area (Å²) in [7, 11) is -3.12. The monoisotopic (exact) mass is 234 g/mol. The van der Waals surface area contributed by atoms with Crippen LogP contribution in [0.2, 0.25) is 0 Å². The molecule has 2 aliphatic rings. The van der Waals surface area contributed by atoms with Crippen LogP contribution in [0.1, 0.15) is 12.8 Å². The first-order chi connectivity index (χ1) is 7.21. The van der Waals surface area contributed by atoms with Crippen molar-refractivity contribution in [3.8, 4) is 0 Å². The van der Waals surface area contributed by atoms with Crippen molar-refractivity contribution in [2.24, 2.45) is 0 Å². The van der Waals surface area contributed by atoms with Gasteiger partial charge in [0.1, 0.15) is 0 Å². The lowest BCUT2D eigenvalue weighted by Gasteiger charge is -2.32. The molecule has 0 aromatic rings. The summed E-state index contributed by atoms with van der Waals surface area (Å²) in [4.78, 5) is 0. The Kier molecular flexibility index (Phi) is 3.60. The summed E-state index contributed by atoms with van der Waals surface area (Å²) < 4.78 is 31.2. The average Bonchev–Trinajstić information content (AvgIpc) is 2.31. The van der Waals surface area contributed by atoms with Gasteiger partial charge in [-0.25, -0.2) is 8.42 Å². The van der Waals surface area contributed by atoms with Gasteiger partial charge in [0.2, 0.25) is 10.0 Å². The fraction of sp³-hybridized carbons (Fsp3) is 1.00. The fourth-order valence-corrected chi connectivity index (χ4v) is 3.90. The largest absolute Gasteiger partial charge is 0.380 e. The van der Waals surface area contributed by atoms with Gasteiger partial charge >= 0.3 is 0 Å². The summed E-state index contributed by atoms with van der Waals surface area (Å²) in [6.45, 7) is 3.77. The third-order valence-electron chi connectivity index (χ3n) is 2.98. The van der Waals surface area contributed by atoms with Crippen LogP contribution in [0.3, 0.4) is 0 Å². The molecule has 88 valence electrons.